The third-order valence-electron chi connectivity index (χ3n) is 4.68. The summed E-state index contributed by atoms with van der Waals surface area (Å²) in [6, 6.07) is 12.1. The van der Waals surface area contributed by atoms with Crippen LogP contribution in [0.15, 0.2) is 47.7 Å². The molecule has 0 saturated carbocycles. The molecule has 0 fully saturated rings. The van der Waals surface area contributed by atoms with E-state index in [0.29, 0.717) is 6.42 Å². The van der Waals surface area contributed by atoms with Crippen LogP contribution < -0.4 is 0 Å². The van der Waals surface area contributed by atoms with Crippen LogP contribution in [0.4, 0.5) is 0 Å². The van der Waals surface area contributed by atoms with Gasteiger partial charge in [0.15, 0.2) is 0 Å². The first-order valence-corrected chi connectivity index (χ1v) is 9.74. The largest absolute Gasteiger partial charge is 0.460 e. The fourth-order valence-corrected chi connectivity index (χ4v) is 2.94. The third kappa shape index (κ3) is 6.34. The zero-order valence-electron chi connectivity index (χ0n) is 18.0. The molecule has 0 spiro atoms. The van der Waals surface area contributed by atoms with Gasteiger partial charge in [0.2, 0.25) is 0 Å². The number of ether oxygens (including phenoxy) is 1. The van der Waals surface area contributed by atoms with Gasteiger partial charge in [-0.2, -0.15) is 0 Å². The molecule has 2 aromatic carbocycles. The summed E-state index contributed by atoms with van der Waals surface area (Å²) in [6.07, 6.45) is 3.82. The average Bonchev–Trinajstić information content (AvgIpc) is 2.63. The molecular formula is C24H29NO4. The number of fused-ring (bicyclic) bond motifs is 1. The second-order valence-corrected chi connectivity index (χ2v) is 9.01. The Labute approximate surface area is 172 Å². The lowest BCUT2D eigenvalue weighted by Gasteiger charge is -2.21. The number of carbonyl (C=O) groups is 2. The lowest BCUT2D eigenvalue weighted by molar-refractivity contribution is -0.155. The molecule has 2 aromatic rings. The number of nitrogens with zero attached hydrogens (tertiary/aromatic N) is 1. The van der Waals surface area contributed by atoms with E-state index in [1.807, 2.05) is 64.1 Å². The minimum atomic E-state index is -0.944. The van der Waals surface area contributed by atoms with Crippen molar-refractivity contribution < 1.29 is 14.3 Å². The van der Waals surface area contributed by atoms with E-state index in [-0.39, 0.29) is 11.9 Å². The number of rotatable bonds is 6. The fraction of sp³-hybridized carbons (Fsp3) is 0.417. The summed E-state index contributed by atoms with van der Waals surface area (Å²) in [6.45, 7) is 10.9. The molecule has 5 heteroatoms. The second-order valence-electron chi connectivity index (χ2n) is 9.01. The van der Waals surface area contributed by atoms with E-state index in [4.69, 9.17) is 4.74 Å². The number of esters is 1. The van der Waals surface area contributed by atoms with Gasteiger partial charge >= 0.3 is 5.97 Å². The highest BCUT2D eigenvalue weighted by molar-refractivity contribution is 5.87. The van der Waals surface area contributed by atoms with Crippen LogP contribution in [0.2, 0.25) is 0 Å². The monoisotopic (exact) mass is 395 g/mol. The minimum absolute atomic E-state index is 0.0312. The van der Waals surface area contributed by atoms with Gasteiger partial charge in [0, 0.05) is 5.18 Å². The summed E-state index contributed by atoms with van der Waals surface area (Å²) in [5.41, 5.74) is 0.544. The van der Waals surface area contributed by atoms with Crippen molar-refractivity contribution in [1.82, 2.24) is 0 Å². The fourth-order valence-electron chi connectivity index (χ4n) is 2.94. The summed E-state index contributed by atoms with van der Waals surface area (Å²) >= 11 is 0. The Balaban J connectivity index is 2.23. The molecule has 0 aliphatic rings. The van der Waals surface area contributed by atoms with Crippen LogP contribution in [0.25, 0.3) is 16.8 Å². The van der Waals surface area contributed by atoms with E-state index >= 15 is 0 Å². The molecule has 29 heavy (non-hydrogen) atoms. The van der Waals surface area contributed by atoms with Crippen LogP contribution >= 0.6 is 0 Å². The van der Waals surface area contributed by atoms with Gasteiger partial charge in [0.25, 0.3) is 5.91 Å². The van der Waals surface area contributed by atoms with Gasteiger partial charge in [-0.15, -0.1) is 4.91 Å². The van der Waals surface area contributed by atoms with Crippen LogP contribution in [0, 0.1) is 10.3 Å². The molecule has 0 bridgehead atoms. The van der Waals surface area contributed by atoms with E-state index < -0.39 is 16.9 Å². The van der Waals surface area contributed by atoms with Crippen LogP contribution in [-0.2, 0) is 14.3 Å². The molecule has 1 atom stereocenters. The summed E-state index contributed by atoms with van der Waals surface area (Å²) in [4.78, 5) is 34.2. The first-order valence-electron chi connectivity index (χ1n) is 9.74. The van der Waals surface area contributed by atoms with Crippen molar-refractivity contribution in [2.75, 3.05) is 0 Å². The number of hydrogen-bond donors (Lipinski definition) is 0. The van der Waals surface area contributed by atoms with Gasteiger partial charge in [-0.05, 0) is 68.5 Å². The van der Waals surface area contributed by atoms with E-state index in [1.165, 1.54) is 0 Å². The number of benzene rings is 2. The van der Waals surface area contributed by atoms with Crippen molar-refractivity contribution in [2.24, 2.45) is 10.6 Å². The maximum Gasteiger partial charge on any atom is 0.306 e. The van der Waals surface area contributed by atoms with Gasteiger partial charge in [-0.3, -0.25) is 9.59 Å². The molecule has 0 aromatic heterocycles. The first kappa shape index (κ1) is 22.5. The third-order valence-corrected chi connectivity index (χ3v) is 4.68. The average molecular weight is 395 g/mol. The molecule has 0 radical (unpaired) electrons. The molecule has 0 aliphatic heterocycles. The van der Waals surface area contributed by atoms with Crippen molar-refractivity contribution in [2.45, 2.75) is 59.5 Å². The zero-order chi connectivity index (χ0) is 21.8. The van der Waals surface area contributed by atoms with Crippen molar-refractivity contribution in [3.63, 3.8) is 0 Å². The SMILES string of the molecule is C[C@@H](CC(=O)OC(C)(C)C)c1ccc2ccc(/C=C/C(C)(C)C(=O)N=O)cc2c1. The maximum atomic E-state index is 12.1. The Morgan fingerprint density at radius 3 is 2.31 bits per heavy atom. The number of hydrogen-bond acceptors (Lipinski definition) is 4. The molecule has 0 heterocycles. The summed E-state index contributed by atoms with van der Waals surface area (Å²) in [5.74, 6) is -0.881. The molecule has 1 amide bonds. The van der Waals surface area contributed by atoms with Gasteiger partial charge in [0.05, 0.1) is 11.8 Å². The summed E-state index contributed by atoms with van der Waals surface area (Å²) in [5, 5.41) is 4.64. The molecular weight excluding hydrogens is 366 g/mol. The van der Waals surface area contributed by atoms with Gasteiger partial charge in [-0.25, -0.2) is 0 Å². The molecule has 5 nitrogen and oxygen atoms in total. The highest BCUT2D eigenvalue weighted by atomic mass is 16.6. The molecule has 0 aliphatic carbocycles. The van der Waals surface area contributed by atoms with Crippen LogP contribution in [0.5, 0.6) is 0 Å². The molecule has 154 valence electrons. The van der Waals surface area contributed by atoms with E-state index in [9.17, 15) is 14.5 Å². The van der Waals surface area contributed by atoms with Crippen LogP contribution in [0.3, 0.4) is 0 Å². The van der Waals surface area contributed by atoms with Crippen LogP contribution in [0.1, 0.15) is 65.0 Å². The number of amides is 1. The quantitative estimate of drug-likeness (QED) is 0.444. The van der Waals surface area contributed by atoms with Crippen LogP contribution in [-0.4, -0.2) is 17.5 Å². The summed E-state index contributed by atoms with van der Waals surface area (Å²) in [7, 11) is 0. The smallest absolute Gasteiger partial charge is 0.306 e. The highest BCUT2D eigenvalue weighted by Gasteiger charge is 2.25. The lowest BCUT2D eigenvalue weighted by atomic mass is 9.91. The van der Waals surface area contributed by atoms with Gasteiger partial charge in [0.1, 0.15) is 5.60 Å². The van der Waals surface area contributed by atoms with Crippen molar-refractivity contribution >= 4 is 28.7 Å². The first-order chi connectivity index (χ1) is 13.4. The minimum Gasteiger partial charge on any atom is -0.460 e. The number of nitroso groups, excluding NO2 is 1. The predicted octanol–water partition coefficient (Wildman–Crippen LogP) is 6.01. The number of carbonyl (C=O) groups excluding carboxylic acids is 2. The molecule has 0 N–H and O–H groups in total. The second kappa shape index (κ2) is 8.68. The van der Waals surface area contributed by atoms with Crippen molar-refractivity contribution in [1.29, 1.82) is 0 Å². The standard InChI is InChI=1S/C24H29NO4/c1-16(13-21(26)29-23(2,3)4)19-10-9-18-8-7-17(14-20(18)15-19)11-12-24(5,6)22(27)25-28/h7-12,14-16H,13H2,1-6H3/b12-11+/t16-/m0/s1. The Morgan fingerprint density at radius 1 is 1.03 bits per heavy atom. The Bertz CT molecular complexity index is 951. The molecule has 0 unspecified atom stereocenters. The van der Waals surface area contributed by atoms with Gasteiger partial charge in [-0.1, -0.05) is 49.4 Å². The Kier molecular flexibility index (Phi) is 6.73. The van der Waals surface area contributed by atoms with Crippen molar-refractivity contribution in [3.8, 4) is 0 Å². The zero-order valence-corrected chi connectivity index (χ0v) is 18.0. The lowest BCUT2D eigenvalue weighted by Crippen LogP contribution is -2.24. The van der Waals surface area contributed by atoms with E-state index in [1.54, 1.807) is 19.9 Å². The van der Waals surface area contributed by atoms with E-state index in [0.717, 1.165) is 21.9 Å². The molecule has 2 rings (SSSR count). The van der Waals surface area contributed by atoms with E-state index in [2.05, 4.69) is 11.2 Å². The Hall–Kier alpha value is -2.82. The predicted molar refractivity (Wildman–Crippen MR) is 116 cm³/mol. The topological polar surface area (TPSA) is 72.8 Å². The van der Waals surface area contributed by atoms with Gasteiger partial charge < -0.3 is 4.74 Å². The molecule has 0 saturated heterocycles. The normalized spacial score (nSPS) is 13.4. The maximum absolute atomic E-state index is 12.1. The Morgan fingerprint density at radius 2 is 1.69 bits per heavy atom. The van der Waals surface area contributed by atoms with Crippen molar-refractivity contribution in [3.05, 3.63) is 58.5 Å². The highest BCUT2D eigenvalue weighted by Crippen LogP contribution is 2.27. The summed E-state index contributed by atoms with van der Waals surface area (Å²) < 4.78 is 5.42.